The molecule has 0 radical (unpaired) electrons. The number of hydrogen-bond acceptors (Lipinski definition) is 2. The Kier molecular flexibility index (Phi) is 8.22. The molecule has 3 N–H and O–H groups in total. The second kappa shape index (κ2) is 8.74. The van der Waals surface area contributed by atoms with Crippen LogP contribution in [0.2, 0.25) is 0 Å². The van der Waals surface area contributed by atoms with Crippen molar-refractivity contribution in [3.8, 4) is 0 Å². The number of unbranched alkanes of at least 4 members (excludes halogenated alkanes) is 3. The summed E-state index contributed by atoms with van der Waals surface area (Å²) in [5.41, 5.74) is 5.11. The van der Waals surface area contributed by atoms with Crippen LogP contribution >= 0.6 is 12.2 Å². The summed E-state index contributed by atoms with van der Waals surface area (Å²) >= 11 is 4.79. The number of hydrazine groups is 1. The van der Waals surface area contributed by atoms with Gasteiger partial charge in [0.15, 0.2) is 5.11 Å². The predicted molar refractivity (Wildman–Crippen MR) is 61.7 cm³/mol. The maximum atomic E-state index is 11.2. The van der Waals surface area contributed by atoms with Crippen LogP contribution in [0.25, 0.3) is 0 Å². The third-order valence-corrected chi connectivity index (χ3v) is 2.11. The van der Waals surface area contributed by atoms with Crippen LogP contribution in [-0.2, 0) is 4.79 Å². The van der Waals surface area contributed by atoms with Crippen LogP contribution in [0, 0.1) is 0 Å². The Morgan fingerprint density at radius 3 is 2.50 bits per heavy atom. The molecule has 0 heterocycles. The molecule has 0 aromatic carbocycles. The first-order valence-corrected chi connectivity index (χ1v) is 5.38. The molecule has 0 aliphatic rings. The Morgan fingerprint density at radius 1 is 1.21 bits per heavy atom. The summed E-state index contributed by atoms with van der Waals surface area (Å²) < 4.78 is 0. The van der Waals surface area contributed by atoms with E-state index in [1.54, 1.807) is 7.05 Å². The van der Waals surface area contributed by atoms with Gasteiger partial charge < -0.3 is 5.32 Å². The van der Waals surface area contributed by atoms with Gasteiger partial charge in [-0.1, -0.05) is 26.2 Å². The molecule has 0 aromatic heterocycles. The molecule has 0 rings (SSSR count). The van der Waals surface area contributed by atoms with E-state index in [1.807, 2.05) is 0 Å². The fourth-order valence-corrected chi connectivity index (χ4v) is 1.01. The molecule has 0 unspecified atom stereocenters. The second-order valence-corrected chi connectivity index (χ2v) is 3.47. The Hall–Kier alpha value is -0.840. The molecule has 0 fully saturated rings. The van der Waals surface area contributed by atoms with E-state index in [-0.39, 0.29) is 5.91 Å². The van der Waals surface area contributed by atoms with Crippen molar-refractivity contribution in [1.29, 1.82) is 0 Å². The molecule has 0 saturated carbocycles. The predicted octanol–water partition coefficient (Wildman–Crippen LogP) is 1.08. The highest BCUT2D eigenvalue weighted by Crippen LogP contribution is 2.01. The third-order valence-electron chi connectivity index (χ3n) is 1.80. The number of hydrogen-bond donors (Lipinski definition) is 3. The van der Waals surface area contributed by atoms with Crippen molar-refractivity contribution >= 4 is 23.2 Å². The van der Waals surface area contributed by atoms with Gasteiger partial charge in [-0.3, -0.25) is 15.6 Å². The number of thiocarbonyl (C=S) groups is 1. The quantitative estimate of drug-likeness (QED) is 0.366. The van der Waals surface area contributed by atoms with Gasteiger partial charge in [0.1, 0.15) is 0 Å². The SMILES string of the molecule is CCCCCCC(=O)NNC(=S)NC. The monoisotopic (exact) mass is 217 g/mol. The first kappa shape index (κ1) is 13.2. The zero-order chi connectivity index (χ0) is 10.8. The van der Waals surface area contributed by atoms with E-state index in [0.717, 1.165) is 12.8 Å². The van der Waals surface area contributed by atoms with Gasteiger partial charge in [0, 0.05) is 13.5 Å². The van der Waals surface area contributed by atoms with E-state index in [1.165, 1.54) is 12.8 Å². The minimum Gasteiger partial charge on any atom is -0.364 e. The van der Waals surface area contributed by atoms with E-state index in [9.17, 15) is 4.79 Å². The Labute approximate surface area is 90.8 Å². The summed E-state index contributed by atoms with van der Waals surface area (Å²) in [4.78, 5) is 11.2. The summed E-state index contributed by atoms with van der Waals surface area (Å²) in [5, 5.41) is 3.13. The minimum atomic E-state index is -0.0151. The van der Waals surface area contributed by atoms with Gasteiger partial charge in [-0.2, -0.15) is 0 Å². The van der Waals surface area contributed by atoms with E-state index in [2.05, 4.69) is 23.1 Å². The average molecular weight is 217 g/mol. The zero-order valence-electron chi connectivity index (χ0n) is 8.85. The molecule has 0 aliphatic heterocycles. The molecule has 1 amide bonds. The molecule has 0 aromatic rings. The smallest absolute Gasteiger partial charge is 0.238 e. The van der Waals surface area contributed by atoms with Crippen molar-refractivity contribution in [3.63, 3.8) is 0 Å². The van der Waals surface area contributed by atoms with Crippen LogP contribution < -0.4 is 16.2 Å². The lowest BCUT2D eigenvalue weighted by Gasteiger charge is -2.08. The first-order chi connectivity index (χ1) is 6.70. The summed E-state index contributed by atoms with van der Waals surface area (Å²) in [6.07, 6.45) is 4.98. The fraction of sp³-hybridized carbons (Fsp3) is 0.778. The highest BCUT2D eigenvalue weighted by Gasteiger charge is 2.00. The number of rotatable bonds is 5. The molecular formula is C9H19N3OS. The molecule has 0 bridgehead atoms. The topological polar surface area (TPSA) is 53.2 Å². The Balaban J connectivity index is 3.32. The van der Waals surface area contributed by atoms with E-state index < -0.39 is 0 Å². The standard InChI is InChI=1S/C9H19N3OS/c1-3-4-5-6-7-8(13)11-12-9(14)10-2/h3-7H2,1-2H3,(H,11,13)(H2,10,12,14). The van der Waals surface area contributed by atoms with Crippen LogP contribution in [0.15, 0.2) is 0 Å². The summed E-state index contributed by atoms with van der Waals surface area (Å²) in [6, 6.07) is 0. The lowest BCUT2D eigenvalue weighted by Crippen LogP contribution is -2.45. The van der Waals surface area contributed by atoms with E-state index in [4.69, 9.17) is 12.2 Å². The molecule has 14 heavy (non-hydrogen) atoms. The number of amides is 1. The second-order valence-electron chi connectivity index (χ2n) is 3.06. The van der Waals surface area contributed by atoms with Crippen LogP contribution in [0.4, 0.5) is 0 Å². The third kappa shape index (κ3) is 7.79. The van der Waals surface area contributed by atoms with Gasteiger partial charge in [0.25, 0.3) is 0 Å². The van der Waals surface area contributed by atoms with Gasteiger partial charge in [-0.05, 0) is 18.6 Å². The van der Waals surface area contributed by atoms with Crippen molar-refractivity contribution < 1.29 is 4.79 Å². The maximum absolute atomic E-state index is 11.2. The lowest BCUT2D eigenvalue weighted by atomic mass is 10.1. The van der Waals surface area contributed by atoms with Crippen molar-refractivity contribution in [2.24, 2.45) is 0 Å². The number of nitrogens with one attached hydrogen (secondary N) is 3. The normalized spacial score (nSPS) is 9.29. The van der Waals surface area contributed by atoms with E-state index in [0.29, 0.717) is 11.5 Å². The Bertz CT molecular complexity index is 185. The van der Waals surface area contributed by atoms with E-state index >= 15 is 0 Å². The molecule has 5 heteroatoms. The molecule has 0 saturated heterocycles. The van der Waals surface area contributed by atoms with Gasteiger partial charge >= 0.3 is 0 Å². The van der Waals surface area contributed by atoms with Gasteiger partial charge in [0.05, 0.1) is 0 Å². The maximum Gasteiger partial charge on any atom is 0.238 e. The number of carbonyl (C=O) groups excluding carboxylic acids is 1. The highest BCUT2D eigenvalue weighted by atomic mass is 32.1. The summed E-state index contributed by atoms with van der Waals surface area (Å²) in [5.74, 6) is -0.0151. The summed E-state index contributed by atoms with van der Waals surface area (Å²) in [6.45, 7) is 2.15. The lowest BCUT2D eigenvalue weighted by molar-refractivity contribution is -0.121. The van der Waals surface area contributed by atoms with Crippen molar-refractivity contribution in [2.75, 3.05) is 7.05 Å². The summed E-state index contributed by atoms with van der Waals surface area (Å²) in [7, 11) is 1.70. The minimum absolute atomic E-state index is 0.0151. The van der Waals surface area contributed by atoms with Crippen molar-refractivity contribution in [1.82, 2.24) is 16.2 Å². The fourth-order valence-electron chi connectivity index (χ4n) is 0.964. The zero-order valence-corrected chi connectivity index (χ0v) is 9.67. The average Bonchev–Trinajstić information content (AvgIpc) is 2.21. The molecular weight excluding hydrogens is 198 g/mol. The van der Waals surface area contributed by atoms with Crippen LogP contribution in [0.3, 0.4) is 0 Å². The van der Waals surface area contributed by atoms with Crippen molar-refractivity contribution in [2.45, 2.75) is 39.0 Å². The van der Waals surface area contributed by atoms with Crippen LogP contribution in [-0.4, -0.2) is 18.1 Å². The molecule has 0 aliphatic carbocycles. The first-order valence-electron chi connectivity index (χ1n) is 4.97. The molecule has 0 atom stereocenters. The molecule has 0 spiro atoms. The number of carbonyl (C=O) groups is 1. The molecule has 82 valence electrons. The van der Waals surface area contributed by atoms with Crippen LogP contribution in [0.5, 0.6) is 0 Å². The van der Waals surface area contributed by atoms with Crippen molar-refractivity contribution in [3.05, 3.63) is 0 Å². The van der Waals surface area contributed by atoms with Gasteiger partial charge in [0.2, 0.25) is 5.91 Å². The Morgan fingerprint density at radius 2 is 1.93 bits per heavy atom. The van der Waals surface area contributed by atoms with Gasteiger partial charge in [-0.15, -0.1) is 0 Å². The van der Waals surface area contributed by atoms with Gasteiger partial charge in [-0.25, -0.2) is 0 Å². The molecule has 4 nitrogen and oxygen atoms in total. The van der Waals surface area contributed by atoms with Crippen LogP contribution in [0.1, 0.15) is 39.0 Å². The largest absolute Gasteiger partial charge is 0.364 e. The highest BCUT2D eigenvalue weighted by molar-refractivity contribution is 7.80.